The number of hydrogen-bond acceptors (Lipinski definition) is 4. The van der Waals surface area contributed by atoms with Gasteiger partial charge in [-0.05, 0) is 43.7 Å². The van der Waals surface area contributed by atoms with Gasteiger partial charge in [-0.2, -0.15) is 13.2 Å². The van der Waals surface area contributed by atoms with Crippen LogP contribution in [0.3, 0.4) is 0 Å². The molecule has 5 nitrogen and oxygen atoms in total. The first-order valence-electron chi connectivity index (χ1n) is 8.08. The van der Waals surface area contributed by atoms with Gasteiger partial charge >= 0.3 is 12.1 Å². The Labute approximate surface area is 153 Å². The fourth-order valence-electron chi connectivity index (χ4n) is 2.50. The van der Waals surface area contributed by atoms with Crippen LogP contribution in [-0.2, 0) is 17.5 Å². The number of rotatable bonds is 4. The van der Waals surface area contributed by atoms with Gasteiger partial charge in [0, 0.05) is 0 Å². The smallest absolute Gasteiger partial charge is 0.416 e. The van der Waals surface area contributed by atoms with E-state index in [1.54, 1.807) is 6.92 Å². The van der Waals surface area contributed by atoms with Gasteiger partial charge in [0.1, 0.15) is 6.61 Å². The number of ether oxygens (including phenoxy) is 1. The summed E-state index contributed by atoms with van der Waals surface area (Å²) in [6, 6.07) is 12.1. The summed E-state index contributed by atoms with van der Waals surface area (Å²) in [5, 5.41) is 7.80. The molecule has 0 unspecified atom stereocenters. The van der Waals surface area contributed by atoms with Crippen molar-refractivity contribution in [2.24, 2.45) is 0 Å². The maximum Gasteiger partial charge on any atom is 0.416 e. The molecule has 0 aliphatic heterocycles. The van der Waals surface area contributed by atoms with Crippen molar-refractivity contribution in [3.05, 3.63) is 76.6 Å². The van der Waals surface area contributed by atoms with Gasteiger partial charge in [-0.25, -0.2) is 9.48 Å². The lowest BCUT2D eigenvalue weighted by Crippen LogP contribution is -2.09. The molecule has 0 amide bonds. The number of esters is 1. The van der Waals surface area contributed by atoms with E-state index in [2.05, 4.69) is 10.3 Å². The number of halogens is 3. The van der Waals surface area contributed by atoms with E-state index in [9.17, 15) is 18.0 Å². The monoisotopic (exact) mass is 375 g/mol. The summed E-state index contributed by atoms with van der Waals surface area (Å²) in [6.45, 7) is 3.33. The summed E-state index contributed by atoms with van der Waals surface area (Å²) in [5.41, 5.74) is 1.76. The maximum atomic E-state index is 12.7. The van der Waals surface area contributed by atoms with Crippen molar-refractivity contribution >= 4 is 5.97 Å². The minimum Gasteiger partial charge on any atom is -0.456 e. The number of aryl methyl sites for hydroxylation is 1. The highest BCUT2D eigenvalue weighted by atomic mass is 19.4. The molecule has 0 saturated heterocycles. The molecule has 0 atom stereocenters. The van der Waals surface area contributed by atoms with E-state index in [-0.39, 0.29) is 17.9 Å². The molecular formula is C19H16F3N3O2. The predicted octanol–water partition coefficient (Wildman–Crippen LogP) is 4.26. The average molecular weight is 375 g/mol. The van der Waals surface area contributed by atoms with E-state index in [4.69, 9.17) is 4.74 Å². The predicted molar refractivity (Wildman–Crippen MR) is 91.4 cm³/mol. The fourth-order valence-corrected chi connectivity index (χ4v) is 2.50. The largest absolute Gasteiger partial charge is 0.456 e. The highest BCUT2D eigenvalue weighted by Crippen LogP contribution is 2.29. The van der Waals surface area contributed by atoms with Crippen LogP contribution in [-0.4, -0.2) is 21.0 Å². The summed E-state index contributed by atoms with van der Waals surface area (Å²) in [5.74, 6) is -0.747. The van der Waals surface area contributed by atoms with Crippen LogP contribution in [0.5, 0.6) is 0 Å². The molecule has 27 heavy (non-hydrogen) atoms. The lowest BCUT2D eigenvalue weighted by Gasteiger charge is -2.09. The van der Waals surface area contributed by atoms with Gasteiger partial charge in [0.25, 0.3) is 0 Å². The average Bonchev–Trinajstić information content (AvgIpc) is 3.01. The number of benzene rings is 2. The van der Waals surface area contributed by atoms with Crippen molar-refractivity contribution in [3.8, 4) is 5.69 Å². The first kappa shape index (κ1) is 18.6. The van der Waals surface area contributed by atoms with E-state index < -0.39 is 17.7 Å². The van der Waals surface area contributed by atoms with E-state index in [0.29, 0.717) is 5.69 Å². The highest BCUT2D eigenvalue weighted by Gasteiger charge is 2.30. The van der Waals surface area contributed by atoms with Gasteiger partial charge in [0.05, 0.1) is 16.9 Å². The third-order valence-electron chi connectivity index (χ3n) is 3.99. The molecule has 2 aromatic carbocycles. The number of carbonyl (C=O) groups excluding carboxylic acids is 1. The topological polar surface area (TPSA) is 57.0 Å². The number of aromatic nitrogens is 3. The Kier molecular flexibility index (Phi) is 4.98. The van der Waals surface area contributed by atoms with Crippen molar-refractivity contribution in [2.75, 3.05) is 0 Å². The Morgan fingerprint density at radius 1 is 1.11 bits per heavy atom. The first-order chi connectivity index (χ1) is 12.8. The normalized spacial score (nSPS) is 11.4. The van der Waals surface area contributed by atoms with Crippen LogP contribution >= 0.6 is 0 Å². The minimum absolute atomic E-state index is 0.0163. The molecule has 3 rings (SSSR count). The van der Waals surface area contributed by atoms with Gasteiger partial charge < -0.3 is 4.74 Å². The van der Waals surface area contributed by atoms with Crippen LogP contribution in [0, 0.1) is 13.8 Å². The molecule has 3 aromatic rings. The van der Waals surface area contributed by atoms with Crippen molar-refractivity contribution in [2.45, 2.75) is 26.6 Å². The van der Waals surface area contributed by atoms with Crippen LogP contribution in [0.2, 0.25) is 0 Å². The summed E-state index contributed by atoms with van der Waals surface area (Å²) in [6.07, 6.45) is -4.45. The quantitative estimate of drug-likeness (QED) is 0.640. The van der Waals surface area contributed by atoms with Crippen LogP contribution in [0.25, 0.3) is 5.69 Å². The number of alkyl halides is 3. The molecule has 1 aromatic heterocycles. The third kappa shape index (κ3) is 4.16. The molecule has 0 N–H and O–H groups in total. The Bertz CT molecular complexity index is 963. The van der Waals surface area contributed by atoms with Gasteiger partial charge in [-0.15, -0.1) is 5.10 Å². The molecular weight excluding hydrogens is 359 g/mol. The summed E-state index contributed by atoms with van der Waals surface area (Å²) < 4.78 is 44.8. The molecule has 0 bridgehead atoms. The lowest BCUT2D eigenvalue weighted by atomic mass is 10.1. The van der Waals surface area contributed by atoms with Gasteiger partial charge in [-0.1, -0.05) is 35.0 Å². The Balaban J connectivity index is 1.73. The van der Waals surface area contributed by atoms with E-state index >= 15 is 0 Å². The molecule has 0 fully saturated rings. The summed E-state index contributed by atoms with van der Waals surface area (Å²) >= 11 is 0. The highest BCUT2D eigenvalue weighted by molar-refractivity contribution is 5.88. The standard InChI is InChI=1S/C19H16F3N3O2/c1-12-6-8-16(9-7-12)25-13(2)17(23-24-25)18(26)27-11-14-4-3-5-15(10-14)19(20,21)22/h3-10H,11H2,1-2H3. The van der Waals surface area contributed by atoms with Crippen LogP contribution < -0.4 is 0 Å². The van der Waals surface area contributed by atoms with E-state index in [1.165, 1.54) is 16.8 Å². The summed E-state index contributed by atoms with van der Waals surface area (Å²) in [4.78, 5) is 12.3. The fraction of sp³-hybridized carbons (Fsp3) is 0.211. The van der Waals surface area contributed by atoms with Crippen molar-refractivity contribution in [1.82, 2.24) is 15.0 Å². The molecule has 0 saturated carbocycles. The van der Waals surface area contributed by atoms with Crippen molar-refractivity contribution in [3.63, 3.8) is 0 Å². The molecule has 1 heterocycles. The van der Waals surface area contributed by atoms with E-state index in [0.717, 1.165) is 23.4 Å². The van der Waals surface area contributed by atoms with Crippen LogP contribution in [0.4, 0.5) is 13.2 Å². The maximum absolute atomic E-state index is 12.7. The SMILES string of the molecule is Cc1ccc(-n2nnc(C(=O)OCc3cccc(C(F)(F)F)c3)c2C)cc1. The second-order valence-electron chi connectivity index (χ2n) is 6.05. The van der Waals surface area contributed by atoms with Gasteiger partial charge in [0.2, 0.25) is 0 Å². The van der Waals surface area contributed by atoms with Crippen LogP contribution in [0.15, 0.2) is 48.5 Å². The van der Waals surface area contributed by atoms with Crippen molar-refractivity contribution in [1.29, 1.82) is 0 Å². The zero-order valence-corrected chi connectivity index (χ0v) is 14.6. The lowest BCUT2D eigenvalue weighted by molar-refractivity contribution is -0.137. The molecule has 0 spiro atoms. The van der Waals surface area contributed by atoms with E-state index in [1.807, 2.05) is 31.2 Å². The molecule has 140 valence electrons. The van der Waals surface area contributed by atoms with Gasteiger partial charge in [0.15, 0.2) is 5.69 Å². The molecule has 8 heteroatoms. The molecule has 0 aliphatic carbocycles. The second-order valence-corrected chi connectivity index (χ2v) is 6.05. The number of carbonyl (C=O) groups is 1. The summed E-state index contributed by atoms with van der Waals surface area (Å²) in [7, 11) is 0. The Morgan fingerprint density at radius 2 is 1.81 bits per heavy atom. The second kappa shape index (κ2) is 7.22. The first-order valence-corrected chi connectivity index (χ1v) is 8.08. The minimum atomic E-state index is -4.45. The number of hydrogen-bond donors (Lipinski definition) is 0. The third-order valence-corrected chi connectivity index (χ3v) is 3.99. The Hall–Kier alpha value is -3.16. The van der Waals surface area contributed by atoms with Crippen LogP contribution in [0.1, 0.15) is 32.9 Å². The molecule has 0 aliphatic rings. The number of nitrogens with zero attached hydrogens (tertiary/aromatic N) is 3. The van der Waals surface area contributed by atoms with Crippen molar-refractivity contribution < 1.29 is 22.7 Å². The Morgan fingerprint density at radius 3 is 2.48 bits per heavy atom. The zero-order chi connectivity index (χ0) is 19.6. The van der Waals surface area contributed by atoms with Gasteiger partial charge in [-0.3, -0.25) is 0 Å². The zero-order valence-electron chi connectivity index (χ0n) is 14.6. The molecule has 0 radical (unpaired) electrons.